The number of aromatic hydroxyl groups is 1. The van der Waals surface area contributed by atoms with Gasteiger partial charge in [0.15, 0.2) is 0 Å². The van der Waals surface area contributed by atoms with Crippen LogP contribution in [0.2, 0.25) is 0 Å². The zero-order valence-electron chi connectivity index (χ0n) is 14.1. The fraction of sp³-hybridized carbons (Fsp3) is 0.143. The molecule has 0 saturated carbocycles. The molecule has 4 heteroatoms. The van der Waals surface area contributed by atoms with E-state index >= 15 is 0 Å². The van der Waals surface area contributed by atoms with E-state index in [1.807, 2.05) is 31.2 Å². The van der Waals surface area contributed by atoms with Gasteiger partial charge >= 0.3 is 0 Å². The predicted octanol–water partition coefficient (Wildman–Crippen LogP) is 3.94. The Morgan fingerprint density at radius 1 is 1.08 bits per heavy atom. The number of hydrogen-bond donors (Lipinski definition) is 2. The van der Waals surface area contributed by atoms with Crippen LogP contribution in [0.25, 0.3) is 10.8 Å². The van der Waals surface area contributed by atoms with E-state index in [-0.39, 0.29) is 11.7 Å². The van der Waals surface area contributed by atoms with E-state index in [0.29, 0.717) is 18.4 Å². The van der Waals surface area contributed by atoms with Crippen molar-refractivity contribution in [3.05, 3.63) is 77.4 Å². The Balaban J connectivity index is 1.54. The molecule has 0 bridgehead atoms. The molecule has 0 fully saturated rings. The van der Waals surface area contributed by atoms with Gasteiger partial charge in [-0.1, -0.05) is 48.5 Å². The van der Waals surface area contributed by atoms with E-state index in [0.717, 1.165) is 11.1 Å². The van der Waals surface area contributed by atoms with E-state index in [4.69, 9.17) is 0 Å². The number of nitrogens with zero attached hydrogens (tertiary/aromatic N) is 1. The highest BCUT2D eigenvalue weighted by Crippen LogP contribution is 2.17. The maximum absolute atomic E-state index is 11.9. The van der Waals surface area contributed by atoms with Gasteiger partial charge in [-0.3, -0.25) is 4.79 Å². The summed E-state index contributed by atoms with van der Waals surface area (Å²) in [6.07, 6.45) is 2.46. The smallest absolute Gasteiger partial charge is 0.240 e. The highest BCUT2D eigenvalue weighted by molar-refractivity contribution is 5.85. The molecule has 4 nitrogen and oxygen atoms in total. The zero-order chi connectivity index (χ0) is 17.6. The Morgan fingerprint density at radius 3 is 2.68 bits per heavy atom. The van der Waals surface area contributed by atoms with Crippen LogP contribution < -0.4 is 5.43 Å². The van der Waals surface area contributed by atoms with Gasteiger partial charge in [0.1, 0.15) is 5.75 Å². The SMILES string of the molecule is Cc1ccc(/C=N\NC(=O)CCc2ccc3ccccc3c2)c(O)c1. The topological polar surface area (TPSA) is 61.7 Å². The van der Waals surface area contributed by atoms with E-state index in [2.05, 4.69) is 34.8 Å². The van der Waals surface area contributed by atoms with Crippen LogP contribution in [0, 0.1) is 6.92 Å². The van der Waals surface area contributed by atoms with Gasteiger partial charge < -0.3 is 5.11 Å². The van der Waals surface area contributed by atoms with Crippen molar-refractivity contribution < 1.29 is 9.90 Å². The number of aryl methyl sites for hydroxylation is 2. The molecule has 0 radical (unpaired) electrons. The minimum absolute atomic E-state index is 0.147. The Kier molecular flexibility index (Phi) is 5.09. The van der Waals surface area contributed by atoms with Crippen LogP contribution in [0.4, 0.5) is 0 Å². The number of hydrazone groups is 1. The van der Waals surface area contributed by atoms with Crippen LogP contribution in [0.1, 0.15) is 23.1 Å². The molecule has 0 spiro atoms. The van der Waals surface area contributed by atoms with Gasteiger partial charge in [0.05, 0.1) is 6.21 Å². The van der Waals surface area contributed by atoms with E-state index in [9.17, 15) is 9.90 Å². The lowest BCUT2D eigenvalue weighted by atomic mass is 10.0. The first-order valence-corrected chi connectivity index (χ1v) is 8.21. The Labute approximate surface area is 146 Å². The number of fused-ring (bicyclic) bond motifs is 1. The summed E-state index contributed by atoms with van der Waals surface area (Å²) in [4.78, 5) is 11.9. The molecule has 1 amide bonds. The quantitative estimate of drug-likeness (QED) is 0.549. The summed E-state index contributed by atoms with van der Waals surface area (Å²) in [5.41, 5.74) is 5.16. The van der Waals surface area contributed by atoms with E-state index in [1.54, 1.807) is 12.1 Å². The van der Waals surface area contributed by atoms with E-state index in [1.165, 1.54) is 17.0 Å². The van der Waals surface area contributed by atoms with Gasteiger partial charge in [-0.2, -0.15) is 5.10 Å². The molecule has 0 unspecified atom stereocenters. The number of nitrogens with one attached hydrogen (secondary N) is 1. The fourth-order valence-electron chi connectivity index (χ4n) is 2.64. The summed E-state index contributed by atoms with van der Waals surface area (Å²) < 4.78 is 0. The number of rotatable bonds is 5. The van der Waals surface area contributed by atoms with Crippen molar-refractivity contribution in [3.8, 4) is 5.75 Å². The van der Waals surface area contributed by atoms with Gasteiger partial charge in [-0.25, -0.2) is 5.43 Å². The number of phenols is 1. The normalized spacial score (nSPS) is 11.1. The molecule has 3 aromatic carbocycles. The van der Waals surface area contributed by atoms with Crippen LogP contribution in [0.15, 0.2) is 65.8 Å². The van der Waals surface area contributed by atoms with Crippen LogP contribution >= 0.6 is 0 Å². The monoisotopic (exact) mass is 332 g/mol. The minimum atomic E-state index is -0.156. The molecule has 126 valence electrons. The molecule has 3 aromatic rings. The van der Waals surface area contributed by atoms with Crippen molar-refractivity contribution in [1.29, 1.82) is 0 Å². The first-order chi connectivity index (χ1) is 12.1. The van der Waals surface area contributed by atoms with Crippen molar-refractivity contribution >= 4 is 22.9 Å². The van der Waals surface area contributed by atoms with Crippen LogP contribution in [-0.4, -0.2) is 17.2 Å². The average Bonchev–Trinajstić information content (AvgIpc) is 2.61. The molecule has 0 saturated heterocycles. The standard InChI is InChI=1S/C21H20N2O2/c1-15-6-9-19(20(24)12-15)14-22-23-21(25)11-8-16-7-10-17-4-2-3-5-18(17)13-16/h2-7,9-10,12-14,24H,8,11H2,1H3,(H,23,25)/b22-14-. The number of hydrogen-bond acceptors (Lipinski definition) is 3. The summed E-state index contributed by atoms with van der Waals surface area (Å²) in [5.74, 6) is -0.00910. The third kappa shape index (κ3) is 4.44. The van der Waals surface area contributed by atoms with Crippen molar-refractivity contribution in [2.45, 2.75) is 19.8 Å². The number of phenolic OH excluding ortho intramolecular Hbond substituents is 1. The van der Waals surface area contributed by atoms with Crippen molar-refractivity contribution in [2.75, 3.05) is 0 Å². The molecule has 3 rings (SSSR count). The van der Waals surface area contributed by atoms with Crippen LogP contribution in [0.3, 0.4) is 0 Å². The highest BCUT2D eigenvalue weighted by atomic mass is 16.3. The number of amides is 1. The average molecular weight is 332 g/mol. The van der Waals surface area contributed by atoms with Crippen molar-refractivity contribution in [3.63, 3.8) is 0 Å². The lowest BCUT2D eigenvalue weighted by Crippen LogP contribution is -2.17. The second-order valence-corrected chi connectivity index (χ2v) is 6.04. The summed E-state index contributed by atoms with van der Waals surface area (Å²) in [6.45, 7) is 1.90. The van der Waals surface area contributed by atoms with Gasteiger partial charge in [0.25, 0.3) is 0 Å². The first kappa shape index (κ1) is 16.7. The molecule has 0 aromatic heterocycles. The first-order valence-electron chi connectivity index (χ1n) is 8.21. The van der Waals surface area contributed by atoms with Crippen molar-refractivity contribution in [2.24, 2.45) is 5.10 Å². The molecule has 25 heavy (non-hydrogen) atoms. The van der Waals surface area contributed by atoms with Crippen LogP contribution in [0.5, 0.6) is 5.75 Å². The Morgan fingerprint density at radius 2 is 1.88 bits per heavy atom. The Bertz CT molecular complexity index is 932. The minimum Gasteiger partial charge on any atom is -0.507 e. The molecule has 0 atom stereocenters. The lowest BCUT2D eigenvalue weighted by Gasteiger charge is -2.04. The zero-order valence-corrected chi connectivity index (χ0v) is 14.1. The molecule has 0 aliphatic carbocycles. The third-order valence-corrected chi connectivity index (χ3v) is 4.03. The maximum Gasteiger partial charge on any atom is 0.240 e. The number of carbonyl (C=O) groups excluding carboxylic acids is 1. The summed E-state index contributed by atoms with van der Waals surface area (Å²) in [6, 6.07) is 19.7. The Hall–Kier alpha value is -3.14. The van der Waals surface area contributed by atoms with Gasteiger partial charge in [0, 0.05) is 12.0 Å². The molecular weight excluding hydrogens is 312 g/mol. The van der Waals surface area contributed by atoms with Gasteiger partial charge in [0.2, 0.25) is 5.91 Å². The fourth-order valence-corrected chi connectivity index (χ4v) is 2.64. The lowest BCUT2D eigenvalue weighted by molar-refractivity contribution is -0.121. The molecule has 0 aliphatic rings. The molecule has 0 aliphatic heterocycles. The molecular formula is C21H20N2O2. The summed E-state index contributed by atoms with van der Waals surface area (Å²) in [5, 5.41) is 16.1. The third-order valence-electron chi connectivity index (χ3n) is 4.03. The maximum atomic E-state index is 11.9. The van der Waals surface area contributed by atoms with Gasteiger partial charge in [-0.15, -0.1) is 0 Å². The second-order valence-electron chi connectivity index (χ2n) is 6.04. The number of benzene rings is 3. The molecule has 2 N–H and O–H groups in total. The predicted molar refractivity (Wildman–Crippen MR) is 101 cm³/mol. The number of carbonyl (C=O) groups is 1. The molecule has 0 heterocycles. The van der Waals surface area contributed by atoms with Crippen molar-refractivity contribution in [1.82, 2.24) is 5.43 Å². The summed E-state index contributed by atoms with van der Waals surface area (Å²) >= 11 is 0. The van der Waals surface area contributed by atoms with Gasteiger partial charge in [-0.05, 0) is 47.4 Å². The summed E-state index contributed by atoms with van der Waals surface area (Å²) in [7, 11) is 0. The second kappa shape index (κ2) is 7.62. The largest absolute Gasteiger partial charge is 0.507 e. The van der Waals surface area contributed by atoms with Crippen LogP contribution in [-0.2, 0) is 11.2 Å². The van der Waals surface area contributed by atoms with E-state index < -0.39 is 0 Å². The highest BCUT2D eigenvalue weighted by Gasteiger charge is 2.03.